The van der Waals surface area contributed by atoms with Gasteiger partial charge in [0.15, 0.2) is 6.29 Å². The van der Waals surface area contributed by atoms with Gasteiger partial charge in [0.2, 0.25) is 0 Å². The molecular weight excluding hydrogens is 118 g/mol. The van der Waals surface area contributed by atoms with Gasteiger partial charge >= 0.3 is 0 Å². The average molecular weight is 131 g/mol. The minimum Gasteiger partial charge on any atom is -0.349 e. The molecule has 0 radical (unpaired) electrons. The smallest absolute Gasteiger partial charge is 0.170 e. The summed E-state index contributed by atoms with van der Waals surface area (Å²) in [6.07, 6.45) is 0.244. The maximum Gasteiger partial charge on any atom is 0.170 e. The van der Waals surface area contributed by atoms with Crippen molar-refractivity contribution in [3.05, 3.63) is 0 Å². The van der Waals surface area contributed by atoms with Crippen LogP contribution in [0, 0.1) is 0 Å². The summed E-state index contributed by atoms with van der Waals surface area (Å²) >= 11 is 0. The summed E-state index contributed by atoms with van der Waals surface area (Å²) in [5.74, 6) is 0. The van der Waals surface area contributed by atoms with Gasteiger partial charge in [0.05, 0.1) is 12.7 Å². The highest BCUT2D eigenvalue weighted by molar-refractivity contribution is 4.60. The van der Waals surface area contributed by atoms with Gasteiger partial charge in [0, 0.05) is 6.54 Å². The predicted molar refractivity (Wildman–Crippen MR) is 34.2 cm³/mol. The Morgan fingerprint density at radius 1 is 1.67 bits per heavy atom. The first-order valence-corrected chi connectivity index (χ1v) is 3.24. The van der Waals surface area contributed by atoms with E-state index in [4.69, 9.17) is 9.47 Å². The van der Waals surface area contributed by atoms with E-state index < -0.39 is 0 Å². The minimum atomic E-state index is -0.0231. The summed E-state index contributed by atoms with van der Waals surface area (Å²) in [6, 6.07) is 0. The van der Waals surface area contributed by atoms with E-state index in [0.29, 0.717) is 0 Å². The molecule has 0 aromatic heterocycles. The molecule has 1 saturated heterocycles. The normalized spacial score (nSPS) is 35.3. The van der Waals surface area contributed by atoms with Crippen molar-refractivity contribution in [3.8, 4) is 0 Å². The molecule has 1 rings (SSSR count). The van der Waals surface area contributed by atoms with Crippen molar-refractivity contribution in [1.29, 1.82) is 0 Å². The predicted octanol–water partition coefficient (Wildman–Crippen LogP) is -0.0328. The van der Waals surface area contributed by atoms with Gasteiger partial charge in [-0.15, -0.1) is 0 Å². The second-order valence-electron chi connectivity index (χ2n) is 2.27. The molecule has 3 heteroatoms. The second-order valence-corrected chi connectivity index (χ2v) is 2.27. The molecule has 0 spiro atoms. The molecule has 54 valence electrons. The number of nitrogens with one attached hydrogen (secondary N) is 1. The molecule has 2 unspecified atom stereocenters. The van der Waals surface area contributed by atoms with E-state index in [2.05, 4.69) is 5.32 Å². The fraction of sp³-hybridized carbons (Fsp3) is 1.00. The van der Waals surface area contributed by atoms with Crippen LogP contribution >= 0.6 is 0 Å². The molecule has 0 aromatic rings. The van der Waals surface area contributed by atoms with Crippen LogP contribution in [0.4, 0.5) is 0 Å². The van der Waals surface area contributed by atoms with E-state index in [1.165, 1.54) is 0 Å². The summed E-state index contributed by atoms with van der Waals surface area (Å²) in [5.41, 5.74) is 0. The first kappa shape index (κ1) is 6.99. The van der Waals surface area contributed by atoms with Gasteiger partial charge < -0.3 is 14.8 Å². The second kappa shape index (κ2) is 3.15. The van der Waals surface area contributed by atoms with Crippen LogP contribution in [0.25, 0.3) is 0 Å². The Morgan fingerprint density at radius 2 is 2.44 bits per heavy atom. The molecule has 9 heavy (non-hydrogen) atoms. The number of rotatable bonds is 2. The third kappa shape index (κ3) is 1.93. The van der Waals surface area contributed by atoms with Crippen LogP contribution in [-0.2, 0) is 9.47 Å². The topological polar surface area (TPSA) is 30.5 Å². The Balaban J connectivity index is 2.14. The summed E-state index contributed by atoms with van der Waals surface area (Å²) in [5, 5.41) is 2.98. The van der Waals surface area contributed by atoms with Gasteiger partial charge in [0.25, 0.3) is 0 Å². The van der Waals surface area contributed by atoms with Crippen LogP contribution in [0.15, 0.2) is 0 Å². The lowest BCUT2D eigenvalue weighted by Gasteiger charge is -2.07. The summed E-state index contributed by atoms with van der Waals surface area (Å²) in [6.45, 7) is 3.52. The Morgan fingerprint density at radius 3 is 2.89 bits per heavy atom. The Hall–Kier alpha value is -0.120. The molecular formula is C6H13NO2. The summed E-state index contributed by atoms with van der Waals surface area (Å²) in [7, 11) is 1.88. The molecule has 1 N–H and O–H groups in total. The molecule has 1 aliphatic heterocycles. The highest BCUT2D eigenvalue weighted by Gasteiger charge is 2.20. The van der Waals surface area contributed by atoms with Crippen LogP contribution in [0.5, 0.6) is 0 Å². The van der Waals surface area contributed by atoms with E-state index >= 15 is 0 Å². The molecule has 1 aliphatic rings. The van der Waals surface area contributed by atoms with Crippen LogP contribution in [0.2, 0.25) is 0 Å². The van der Waals surface area contributed by atoms with Gasteiger partial charge in [-0.2, -0.15) is 0 Å². The summed E-state index contributed by atoms with van der Waals surface area (Å²) in [4.78, 5) is 0. The fourth-order valence-corrected chi connectivity index (χ4v) is 0.854. The molecule has 0 aliphatic carbocycles. The largest absolute Gasteiger partial charge is 0.349 e. The van der Waals surface area contributed by atoms with E-state index in [1.54, 1.807) is 0 Å². The van der Waals surface area contributed by atoms with Crippen molar-refractivity contribution in [2.24, 2.45) is 0 Å². The van der Waals surface area contributed by atoms with E-state index in [0.717, 1.165) is 13.2 Å². The zero-order valence-electron chi connectivity index (χ0n) is 5.89. The molecule has 0 saturated carbocycles. The van der Waals surface area contributed by atoms with Crippen molar-refractivity contribution >= 4 is 0 Å². The molecule has 3 nitrogen and oxygen atoms in total. The average Bonchev–Trinajstić information content (AvgIpc) is 2.17. The highest BCUT2D eigenvalue weighted by Crippen LogP contribution is 2.08. The van der Waals surface area contributed by atoms with Gasteiger partial charge in [-0.25, -0.2) is 0 Å². The Labute approximate surface area is 55.3 Å². The maximum atomic E-state index is 5.32. The van der Waals surface area contributed by atoms with Gasteiger partial charge in [0.1, 0.15) is 0 Å². The van der Waals surface area contributed by atoms with Crippen molar-refractivity contribution in [1.82, 2.24) is 5.32 Å². The zero-order valence-corrected chi connectivity index (χ0v) is 5.89. The standard InChI is InChI=1S/C6H13NO2/c1-5-4-8-6(9-5)3-7-2/h5-7H,3-4H2,1-2H3. The quantitative estimate of drug-likeness (QED) is 0.570. The number of ether oxygens (including phenoxy) is 2. The lowest BCUT2D eigenvalue weighted by Crippen LogP contribution is -2.24. The first-order chi connectivity index (χ1) is 4.33. The minimum absolute atomic E-state index is 0.0231. The molecule has 1 heterocycles. The SMILES string of the molecule is CNCC1OCC(C)O1. The molecule has 0 amide bonds. The molecule has 0 aromatic carbocycles. The maximum absolute atomic E-state index is 5.32. The van der Waals surface area contributed by atoms with Crippen molar-refractivity contribution in [2.75, 3.05) is 20.2 Å². The Kier molecular flexibility index (Phi) is 2.45. The number of hydrogen-bond acceptors (Lipinski definition) is 3. The lowest BCUT2D eigenvalue weighted by atomic mass is 10.5. The van der Waals surface area contributed by atoms with E-state index in [9.17, 15) is 0 Å². The fourth-order valence-electron chi connectivity index (χ4n) is 0.854. The van der Waals surface area contributed by atoms with Crippen molar-refractivity contribution in [3.63, 3.8) is 0 Å². The molecule has 2 atom stereocenters. The van der Waals surface area contributed by atoms with Gasteiger partial charge in [-0.3, -0.25) is 0 Å². The number of hydrogen-bond donors (Lipinski definition) is 1. The third-order valence-corrected chi connectivity index (χ3v) is 1.27. The van der Waals surface area contributed by atoms with E-state index in [1.807, 2.05) is 14.0 Å². The zero-order chi connectivity index (χ0) is 6.69. The van der Waals surface area contributed by atoms with Crippen LogP contribution in [0.3, 0.4) is 0 Å². The van der Waals surface area contributed by atoms with Crippen molar-refractivity contribution < 1.29 is 9.47 Å². The van der Waals surface area contributed by atoms with Crippen molar-refractivity contribution in [2.45, 2.75) is 19.3 Å². The van der Waals surface area contributed by atoms with Gasteiger partial charge in [-0.05, 0) is 14.0 Å². The molecule has 0 bridgehead atoms. The van der Waals surface area contributed by atoms with Crippen LogP contribution in [-0.4, -0.2) is 32.6 Å². The van der Waals surface area contributed by atoms with Crippen LogP contribution in [0.1, 0.15) is 6.92 Å². The Bertz CT molecular complexity index is 85.1. The highest BCUT2D eigenvalue weighted by atomic mass is 16.7. The molecule has 1 fully saturated rings. The van der Waals surface area contributed by atoms with Gasteiger partial charge in [-0.1, -0.05) is 0 Å². The first-order valence-electron chi connectivity index (χ1n) is 3.24. The summed E-state index contributed by atoms with van der Waals surface area (Å²) < 4.78 is 10.5. The third-order valence-electron chi connectivity index (χ3n) is 1.27. The van der Waals surface area contributed by atoms with E-state index in [-0.39, 0.29) is 12.4 Å². The number of likely N-dealkylation sites (N-methyl/N-ethyl adjacent to an activating group) is 1. The lowest BCUT2D eigenvalue weighted by molar-refractivity contribution is -0.0506. The monoisotopic (exact) mass is 131 g/mol. The van der Waals surface area contributed by atoms with Crippen LogP contribution < -0.4 is 5.32 Å².